The van der Waals surface area contributed by atoms with Gasteiger partial charge in [-0.2, -0.15) is 0 Å². The molecule has 1 aromatic carbocycles. The number of methoxy groups -OCH3 is 1. The number of thioether (sulfide) groups is 1. The van der Waals surface area contributed by atoms with Crippen LogP contribution in [0.15, 0.2) is 18.2 Å². The maximum Gasteiger partial charge on any atom is 0.229 e. The molecule has 3 rings (SSSR count). The van der Waals surface area contributed by atoms with E-state index < -0.39 is 0 Å². The summed E-state index contributed by atoms with van der Waals surface area (Å²) in [5.41, 5.74) is 0.841. The average Bonchev–Trinajstić information content (AvgIpc) is 3.07. The van der Waals surface area contributed by atoms with Gasteiger partial charge in [0.1, 0.15) is 5.75 Å². The monoisotopic (exact) mass is 336 g/mol. The van der Waals surface area contributed by atoms with Gasteiger partial charge in [-0.1, -0.05) is 23.1 Å². The van der Waals surface area contributed by atoms with E-state index in [0.29, 0.717) is 18.7 Å². The Morgan fingerprint density at radius 3 is 3.09 bits per heavy atom. The Morgan fingerprint density at radius 2 is 2.36 bits per heavy atom. The highest BCUT2D eigenvalue weighted by atomic mass is 32.2. The number of ether oxygens (including phenoxy) is 1. The third kappa shape index (κ3) is 3.10. The molecule has 0 radical (unpaired) electrons. The van der Waals surface area contributed by atoms with Crippen LogP contribution in [0.25, 0.3) is 10.2 Å². The average molecular weight is 336 g/mol. The summed E-state index contributed by atoms with van der Waals surface area (Å²) in [6.45, 7) is 2.19. The van der Waals surface area contributed by atoms with E-state index in [2.05, 4.69) is 4.98 Å². The first-order chi connectivity index (χ1) is 10.6. The number of amides is 1. The lowest BCUT2D eigenvalue weighted by molar-refractivity contribution is -0.117. The summed E-state index contributed by atoms with van der Waals surface area (Å²) in [4.78, 5) is 29.5. The maximum atomic E-state index is 12.2. The summed E-state index contributed by atoms with van der Waals surface area (Å²) in [7, 11) is 1.62. The zero-order valence-electron chi connectivity index (χ0n) is 12.4. The summed E-state index contributed by atoms with van der Waals surface area (Å²) < 4.78 is 6.23. The van der Waals surface area contributed by atoms with Crippen molar-refractivity contribution in [2.75, 3.05) is 24.3 Å². The van der Waals surface area contributed by atoms with Gasteiger partial charge in [0.25, 0.3) is 0 Å². The summed E-state index contributed by atoms with van der Waals surface area (Å²) in [6, 6.07) is 5.72. The van der Waals surface area contributed by atoms with Gasteiger partial charge in [-0.25, -0.2) is 4.98 Å². The molecular formula is C15H16N2O3S2. The van der Waals surface area contributed by atoms with Crippen LogP contribution in [-0.4, -0.2) is 35.4 Å². The van der Waals surface area contributed by atoms with Crippen LogP contribution in [-0.2, 0) is 9.59 Å². The third-order valence-corrected chi connectivity index (χ3v) is 5.65. The predicted molar refractivity (Wildman–Crippen MR) is 89.8 cm³/mol. The number of fused-ring (bicyclic) bond motifs is 1. The predicted octanol–water partition coefficient (Wildman–Crippen LogP) is 2.94. The second-order valence-electron chi connectivity index (χ2n) is 5.21. The Hall–Kier alpha value is -1.60. The largest absolute Gasteiger partial charge is 0.497 e. The topological polar surface area (TPSA) is 59.5 Å². The van der Waals surface area contributed by atoms with Crippen molar-refractivity contribution < 1.29 is 14.3 Å². The molecule has 1 aliphatic heterocycles. The second-order valence-corrected chi connectivity index (χ2v) is 7.41. The van der Waals surface area contributed by atoms with Gasteiger partial charge in [0.05, 0.1) is 17.3 Å². The van der Waals surface area contributed by atoms with E-state index in [1.54, 1.807) is 18.9 Å². The Labute approximate surface area is 136 Å². The number of rotatable bonds is 4. The van der Waals surface area contributed by atoms with Crippen molar-refractivity contribution in [3.8, 4) is 5.75 Å². The molecule has 0 aliphatic carbocycles. The molecule has 0 bridgehead atoms. The van der Waals surface area contributed by atoms with Crippen LogP contribution in [0.2, 0.25) is 0 Å². The molecule has 1 unspecified atom stereocenters. The molecule has 0 saturated carbocycles. The van der Waals surface area contributed by atoms with E-state index >= 15 is 0 Å². The number of benzene rings is 1. The number of thiazole rings is 1. The minimum Gasteiger partial charge on any atom is -0.497 e. The summed E-state index contributed by atoms with van der Waals surface area (Å²) in [5.74, 6) is 1.74. The highest BCUT2D eigenvalue weighted by Crippen LogP contribution is 2.34. The number of carbonyl (C=O) groups excluding carboxylic acids is 2. The van der Waals surface area contributed by atoms with Crippen LogP contribution in [0.3, 0.4) is 0 Å². The van der Waals surface area contributed by atoms with Crippen molar-refractivity contribution in [3.63, 3.8) is 0 Å². The van der Waals surface area contributed by atoms with Crippen LogP contribution >= 0.6 is 23.1 Å². The Balaban J connectivity index is 1.78. The van der Waals surface area contributed by atoms with Gasteiger partial charge in [0, 0.05) is 31.7 Å². The van der Waals surface area contributed by atoms with E-state index in [4.69, 9.17) is 4.74 Å². The van der Waals surface area contributed by atoms with E-state index in [1.807, 2.05) is 18.2 Å². The maximum absolute atomic E-state index is 12.2. The van der Waals surface area contributed by atoms with Gasteiger partial charge in [0.2, 0.25) is 5.91 Å². The molecule has 22 heavy (non-hydrogen) atoms. The molecule has 0 spiro atoms. The summed E-state index contributed by atoms with van der Waals surface area (Å²) in [5, 5.41) is 0.821. The Bertz CT molecular complexity index is 729. The van der Waals surface area contributed by atoms with E-state index in [0.717, 1.165) is 21.1 Å². The van der Waals surface area contributed by atoms with Gasteiger partial charge < -0.3 is 4.74 Å². The lowest BCUT2D eigenvalue weighted by Crippen LogP contribution is -2.24. The van der Waals surface area contributed by atoms with Gasteiger partial charge in [-0.15, -0.1) is 0 Å². The minimum absolute atomic E-state index is 0.0835. The molecule has 1 saturated heterocycles. The Morgan fingerprint density at radius 1 is 1.55 bits per heavy atom. The van der Waals surface area contributed by atoms with Crippen molar-refractivity contribution in [2.45, 2.75) is 13.3 Å². The highest BCUT2D eigenvalue weighted by Gasteiger charge is 2.32. The zero-order chi connectivity index (χ0) is 15.7. The number of hydrogen-bond acceptors (Lipinski definition) is 6. The van der Waals surface area contributed by atoms with Crippen molar-refractivity contribution >= 4 is 49.5 Å². The standard InChI is InChI=1S/C15H16N2O3S2/c1-9(18)21-8-10-5-14(19)17(7-10)15-16-12-6-11(20-2)3-4-13(12)22-15/h3-4,6,10H,5,7-8H2,1-2H3. The van der Waals surface area contributed by atoms with E-state index in [9.17, 15) is 9.59 Å². The second kappa shape index (κ2) is 6.26. The number of hydrogen-bond donors (Lipinski definition) is 0. The summed E-state index contributed by atoms with van der Waals surface area (Å²) >= 11 is 2.80. The SMILES string of the molecule is COc1ccc2sc(N3CC(CSC(C)=O)CC3=O)nc2c1. The number of aromatic nitrogens is 1. The van der Waals surface area contributed by atoms with Crippen molar-refractivity contribution in [1.82, 2.24) is 4.98 Å². The van der Waals surface area contributed by atoms with E-state index in [1.165, 1.54) is 23.1 Å². The van der Waals surface area contributed by atoms with Crippen molar-refractivity contribution in [2.24, 2.45) is 5.92 Å². The molecule has 1 aliphatic rings. The molecule has 2 aromatic rings. The molecule has 2 heterocycles. The number of carbonyl (C=O) groups is 2. The highest BCUT2D eigenvalue weighted by molar-refractivity contribution is 8.13. The van der Waals surface area contributed by atoms with Crippen LogP contribution in [0.1, 0.15) is 13.3 Å². The molecule has 5 nitrogen and oxygen atoms in total. The summed E-state index contributed by atoms with van der Waals surface area (Å²) in [6.07, 6.45) is 0.486. The van der Waals surface area contributed by atoms with Crippen LogP contribution < -0.4 is 9.64 Å². The van der Waals surface area contributed by atoms with Gasteiger partial charge in [-0.05, 0) is 18.1 Å². The molecule has 0 N–H and O–H groups in total. The van der Waals surface area contributed by atoms with Crippen LogP contribution in [0.5, 0.6) is 5.75 Å². The lowest BCUT2D eigenvalue weighted by atomic mass is 10.1. The fourth-order valence-corrected chi connectivity index (χ4v) is 4.12. The first-order valence-corrected chi connectivity index (χ1v) is 8.75. The first kappa shape index (κ1) is 15.3. The Kier molecular flexibility index (Phi) is 4.35. The molecule has 1 atom stereocenters. The zero-order valence-corrected chi connectivity index (χ0v) is 14.0. The molecule has 116 valence electrons. The fraction of sp³-hybridized carbons (Fsp3) is 0.400. The quantitative estimate of drug-likeness (QED) is 0.859. The molecular weight excluding hydrogens is 320 g/mol. The number of anilines is 1. The van der Waals surface area contributed by atoms with Gasteiger partial charge in [-0.3, -0.25) is 14.5 Å². The minimum atomic E-state index is 0.0835. The van der Waals surface area contributed by atoms with Crippen LogP contribution in [0, 0.1) is 5.92 Å². The lowest BCUT2D eigenvalue weighted by Gasteiger charge is -2.12. The molecule has 1 fully saturated rings. The van der Waals surface area contributed by atoms with Gasteiger partial charge >= 0.3 is 0 Å². The van der Waals surface area contributed by atoms with Crippen molar-refractivity contribution in [1.29, 1.82) is 0 Å². The van der Waals surface area contributed by atoms with Gasteiger partial charge in [0.15, 0.2) is 10.2 Å². The smallest absolute Gasteiger partial charge is 0.229 e. The molecule has 1 amide bonds. The normalized spacial score (nSPS) is 18.2. The van der Waals surface area contributed by atoms with E-state index in [-0.39, 0.29) is 16.9 Å². The first-order valence-electron chi connectivity index (χ1n) is 6.95. The molecule has 7 heteroatoms. The number of nitrogens with zero attached hydrogens (tertiary/aromatic N) is 2. The van der Waals surface area contributed by atoms with Crippen molar-refractivity contribution in [3.05, 3.63) is 18.2 Å². The van der Waals surface area contributed by atoms with Crippen LogP contribution in [0.4, 0.5) is 5.13 Å². The fourth-order valence-electron chi connectivity index (χ4n) is 2.45. The molecule has 1 aromatic heterocycles. The third-order valence-electron chi connectivity index (χ3n) is 3.54.